The molecule has 0 fully saturated rings. The molecule has 1 atom stereocenters. The Labute approximate surface area is 117 Å². The van der Waals surface area contributed by atoms with Crippen molar-refractivity contribution in [2.45, 2.75) is 6.04 Å². The first-order valence-corrected chi connectivity index (χ1v) is 6.31. The highest BCUT2D eigenvalue weighted by molar-refractivity contribution is 9.10. The fourth-order valence-corrected chi connectivity index (χ4v) is 2.62. The molecule has 2 aromatic carbocycles. The molecule has 0 saturated carbocycles. The molecule has 1 nitrogen and oxygen atoms in total. The largest absolute Gasteiger partial charge is 0.320 e. The van der Waals surface area contributed by atoms with Gasteiger partial charge in [0.2, 0.25) is 0 Å². The van der Waals surface area contributed by atoms with Gasteiger partial charge in [-0.05, 0) is 35.9 Å². The molecule has 0 heterocycles. The molecule has 0 aliphatic rings. The van der Waals surface area contributed by atoms with E-state index in [0.29, 0.717) is 15.1 Å². The van der Waals surface area contributed by atoms with E-state index < -0.39 is 17.7 Å². The van der Waals surface area contributed by atoms with Crippen molar-refractivity contribution in [3.8, 4) is 0 Å². The van der Waals surface area contributed by atoms with Crippen LogP contribution in [0.4, 0.5) is 8.78 Å². The lowest BCUT2D eigenvalue weighted by Gasteiger charge is -2.15. The van der Waals surface area contributed by atoms with Crippen LogP contribution < -0.4 is 5.73 Å². The summed E-state index contributed by atoms with van der Waals surface area (Å²) in [5.74, 6) is -1.34. The smallest absolute Gasteiger partial charge is 0.131 e. The van der Waals surface area contributed by atoms with Gasteiger partial charge in [0.25, 0.3) is 0 Å². The number of halogens is 4. The Morgan fingerprint density at radius 1 is 1.11 bits per heavy atom. The fourth-order valence-electron chi connectivity index (χ4n) is 1.73. The van der Waals surface area contributed by atoms with E-state index in [1.54, 1.807) is 18.2 Å². The number of hydrogen-bond donors (Lipinski definition) is 1. The minimum Gasteiger partial charge on any atom is -0.320 e. The summed E-state index contributed by atoms with van der Waals surface area (Å²) in [6.45, 7) is 0. The monoisotopic (exact) mass is 331 g/mol. The number of nitrogens with two attached hydrogens (primary N) is 1. The van der Waals surface area contributed by atoms with Crippen LogP contribution in [0.2, 0.25) is 5.02 Å². The van der Waals surface area contributed by atoms with Crippen LogP contribution in [0.25, 0.3) is 0 Å². The summed E-state index contributed by atoms with van der Waals surface area (Å²) in [4.78, 5) is 0. The van der Waals surface area contributed by atoms with E-state index >= 15 is 0 Å². The number of hydrogen-bond acceptors (Lipinski definition) is 1. The lowest BCUT2D eigenvalue weighted by Crippen LogP contribution is -2.15. The van der Waals surface area contributed by atoms with E-state index in [1.807, 2.05) is 0 Å². The maximum atomic E-state index is 13.6. The lowest BCUT2D eigenvalue weighted by atomic mass is 9.99. The van der Waals surface area contributed by atoms with E-state index in [0.717, 1.165) is 0 Å². The van der Waals surface area contributed by atoms with Crippen molar-refractivity contribution in [1.82, 2.24) is 0 Å². The summed E-state index contributed by atoms with van der Waals surface area (Å²) in [7, 11) is 0. The highest BCUT2D eigenvalue weighted by Crippen LogP contribution is 2.29. The molecule has 0 bridgehead atoms. The third-order valence-electron chi connectivity index (χ3n) is 2.55. The summed E-state index contributed by atoms with van der Waals surface area (Å²) in [5.41, 5.74) is 6.28. The molecule has 2 aromatic rings. The standard InChI is InChI=1S/C13H9BrClF2N/c14-8-4-7(5-9(15)6-8)13(18)12-10(16)2-1-3-11(12)17/h1-6,13H,18H2. The van der Waals surface area contributed by atoms with Crippen LogP contribution in [0, 0.1) is 11.6 Å². The van der Waals surface area contributed by atoms with E-state index in [1.165, 1.54) is 18.2 Å². The predicted octanol–water partition coefficient (Wildman–Crippen LogP) is 4.43. The summed E-state index contributed by atoms with van der Waals surface area (Å²) < 4.78 is 28.0. The van der Waals surface area contributed by atoms with Crippen LogP contribution in [-0.2, 0) is 0 Å². The zero-order valence-electron chi connectivity index (χ0n) is 9.13. The Bertz CT molecular complexity index is 549. The first-order valence-electron chi connectivity index (χ1n) is 5.14. The van der Waals surface area contributed by atoms with Gasteiger partial charge in [0.15, 0.2) is 0 Å². The van der Waals surface area contributed by atoms with Gasteiger partial charge in [0, 0.05) is 15.1 Å². The Morgan fingerprint density at radius 3 is 2.28 bits per heavy atom. The molecular weight excluding hydrogens is 324 g/mol. The Hall–Kier alpha value is -0.970. The van der Waals surface area contributed by atoms with Crippen molar-refractivity contribution in [3.63, 3.8) is 0 Å². The molecule has 1 unspecified atom stereocenters. The molecule has 2 rings (SSSR count). The summed E-state index contributed by atoms with van der Waals surface area (Å²) in [6.07, 6.45) is 0. The second-order valence-electron chi connectivity index (χ2n) is 3.82. The summed E-state index contributed by atoms with van der Waals surface area (Å²) >= 11 is 9.15. The summed E-state index contributed by atoms with van der Waals surface area (Å²) in [6, 6.07) is 7.70. The third kappa shape index (κ3) is 2.71. The minimum absolute atomic E-state index is 0.160. The fraction of sp³-hybridized carbons (Fsp3) is 0.0769. The van der Waals surface area contributed by atoms with Crippen LogP contribution in [0.3, 0.4) is 0 Å². The van der Waals surface area contributed by atoms with Crippen molar-refractivity contribution < 1.29 is 8.78 Å². The van der Waals surface area contributed by atoms with Gasteiger partial charge in [0.05, 0.1) is 6.04 Å². The van der Waals surface area contributed by atoms with Gasteiger partial charge in [-0.25, -0.2) is 8.78 Å². The minimum atomic E-state index is -0.902. The molecular formula is C13H9BrClF2N. The highest BCUT2D eigenvalue weighted by atomic mass is 79.9. The normalized spacial score (nSPS) is 12.5. The zero-order valence-corrected chi connectivity index (χ0v) is 11.5. The molecule has 0 radical (unpaired) electrons. The third-order valence-corrected chi connectivity index (χ3v) is 3.23. The van der Waals surface area contributed by atoms with Gasteiger partial charge in [-0.2, -0.15) is 0 Å². The Balaban J connectivity index is 2.51. The molecule has 2 N–H and O–H groups in total. The molecule has 18 heavy (non-hydrogen) atoms. The van der Waals surface area contributed by atoms with Crippen LogP contribution in [-0.4, -0.2) is 0 Å². The first kappa shape index (κ1) is 13.5. The summed E-state index contributed by atoms with van der Waals surface area (Å²) in [5, 5.41) is 0.451. The molecule has 0 aromatic heterocycles. The van der Waals surface area contributed by atoms with E-state index in [2.05, 4.69) is 15.9 Å². The lowest BCUT2D eigenvalue weighted by molar-refractivity contribution is 0.543. The van der Waals surface area contributed by atoms with Crippen molar-refractivity contribution >= 4 is 27.5 Å². The van der Waals surface area contributed by atoms with Gasteiger partial charge < -0.3 is 5.73 Å². The van der Waals surface area contributed by atoms with Crippen LogP contribution in [0.1, 0.15) is 17.2 Å². The maximum Gasteiger partial charge on any atom is 0.131 e. The van der Waals surface area contributed by atoms with E-state index in [4.69, 9.17) is 17.3 Å². The molecule has 5 heteroatoms. The zero-order chi connectivity index (χ0) is 13.3. The van der Waals surface area contributed by atoms with Crippen molar-refractivity contribution in [1.29, 1.82) is 0 Å². The average Bonchev–Trinajstić information content (AvgIpc) is 2.27. The van der Waals surface area contributed by atoms with Gasteiger partial charge >= 0.3 is 0 Å². The van der Waals surface area contributed by atoms with Crippen molar-refractivity contribution in [3.05, 3.63) is 68.7 Å². The molecule has 0 amide bonds. The highest BCUT2D eigenvalue weighted by Gasteiger charge is 2.18. The molecule has 0 saturated heterocycles. The second-order valence-corrected chi connectivity index (χ2v) is 5.17. The SMILES string of the molecule is NC(c1cc(Cl)cc(Br)c1)c1c(F)cccc1F. The number of rotatable bonds is 2. The molecule has 0 aliphatic carbocycles. The van der Waals surface area contributed by atoms with Crippen LogP contribution in [0.15, 0.2) is 40.9 Å². The van der Waals surface area contributed by atoms with Crippen molar-refractivity contribution in [2.75, 3.05) is 0 Å². The van der Waals surface area contributed by atoms with E-state index in [-0.39, 0.29) is 5.56 Å². The van der Waals surface area contributed by atoms with Gasteiger partial charge in [-0.3, -0.25) is 0 Å². The first-order chi connectivity index (χ1) is 8.49. The second kappa shape index (κ2) is 5.34. The Morgan fingerprint density at radius 2 is 1.72 bits per heavy atom. The predicted molar refractivity (Wildman–Crippen MR) is 71.5 cm³/mol. The molecule has 0 aliphatic heterocycles. The quantitative estimate of drug-likeness (QED) is 0.865. The van der Waals surface area contributed by atoms with Crippen LogP contribution >= 0.6 is 27.5 Å². The van der Waals surface area contributed by atoms with Gasteiger partial charge in [0.1, 0.15) is 11.6 Å². The van der Waals surface area contributed by atoms with E-state index in [9.17, 15) is 8.78 Å². The average molecular weight is 333 g/mol. The maximum absolute atomic E-state index is 13.6. The van der Waals surface area contributed by atoms with Crippen LogP contribution in [0.5, 0.6) is 0 Å². The molecule has 94 valence electrons. The van der Waals surface area contributed by atoms with Gasteiger partial charge in [-0.1, -0.05) is 33.6 Å². The number of benzene rings is 2. The topological polar surface area (TPSA) is 26.0 Å². The Kier molecular flexibility index (Phi) is 4.00. The van der Waals surface area contributed by atoms with Gasteiger partial charge in [-0.15, -0.1) is 0 Å². The molecule has 0 spiro atoms. The van der Waals surface area contributed by atoms with Crippen molar-refractivity contribution in [2.24, 2.45) is 5.73 Å².